The van der Waals surface area contributed by atoms with Gasteiger partial charge in [0.25, 0.3) is 5.91 Å². The fraction of sp³-hybridized carbons (Fsp3) is 0.333. The normalized spacial score (nSPS) is 16.8. The van der Waals surface area contributed by atoms with Gasteiger partial charge in [-0.1, -0.05) is 42.5 Å². The summed E-state index contributed by atoms with van der Waals surface area (Å²) in [6.45, 7) is 8.41. The van der Waals surface area contributed by atoms with Gasteiger partial charge in [0.1, 0.15) is 5.00 Å². The van der Waals surface area contributed by atoms with Gasteiger partial charge in [0.15, 0.2) is 0 Å². The van der Waals surface area contributed by atoms with Gasteiger partial charge in [0.2, 0.25) is 5.91 Å². The van der Waals surface area contributed by atoms with E-state index in [0.29, 0.717) is 17.0 Å². The second kappa shape index (κ2) is 7.22. The first-order chi connectivity index (χ1) is 14.1. The van der Waals surface area contributed by atoms with Crippen molar-refractivity contribution in [1.82, 2.24) is 5.32 Å². The number of hydrogen-bond acceptors (Lipinski definition) is 4. The molecule has 0 fully saturated rings. The molecule has 2 aromatic carbocycles. The number of primary amides is 1. The number of nitrogens with two attached hydrogens (primary N) is 1. The van der Waals surface area contributed by atoms with Crippen LogP contribution in [0.2, 0.25) is 0 Å². The third kappa shape index (κ3) is 3.73. The van der Waals surface area contributed by atoms with Crippen LogP contribution >= 0.6 is 11.3 Å². The summed E-state index contributed by atoms with van der Waals surface area (Å²) >= 11 is 1.45. The Labute approximate surface area is 180 Å². The van der Waals surface area contributed by atoms with Gasteiger partial charge < -0.3 is 16.4 Å². The highest BCUT2D eigenvalue weighted by Gasteiger charge is 2.41. The second-order valence-corrected chi connectivity index (χ2v) is 10.2. The van der Waals surface area contributed by atoms with Crippen molar-refractivity contribution in [2.75, 3.05) is 5.32 Å². The molecule has 0 atom stereocenters. The van der Waals surface area contributed by atoms with E-state index in [0.717, 1.165) is 26.8 Å². The van der Waals surface area contributed by atoms with E-state index < -0.39 is 5.91 Å². The Morgan fingerprint density at radius 1 is 1.10 bits per heavy atom. The van der Waals surface area contributed by atoms with Crippen molar-refractivity contribution in [1.29, 1.82) is 0 Å². The molecule has 30 heavy (non-hydrogen) atoms. The average molecular weight is 422 g/mol. The number of hydrogen-bond donors (Lipinski definition) is 3. The van der Waals surface area contributed by atoms with Gasteiger partial charge in [0, 0.05) is 16.0 Å². The first-order valence-corrected chi connectivity index (χ1v) is 10.9. The average Bonchev–Trinajstić information content (AvgIpc) is 2.99. The Morgan fingerprint density at radius 3 is 2.53 bits per heavy atom. The predicted octanol–water partition coefficient (Wildman–Crippen LogP) is 4.34. The van der Waals surface area contributed by atoms with Crippen molar-refractivity contribution < 1.29 is 9.59 Å². The molecule has 0 aliphatic carbocycles. The van der Waals surface area contributed by atoms with Crippen LogP contribution in [0.15, 0.2) is 42.5 Å². The fourth-order valence-electron chi connectivity index (χ4n) is 4.67. The summed E-state index contributed by atoms with van der Waals surface area (Å²) in [5.74, 6) is -0.654. The summed E-state index contributed by atoms with van der Waals surface area (Å²) in [6.07, 6.45) is 0.912. The van der Waals surface area contributed by atoms with E-state index in [2.05, 4.69) is 38.3 Å². The number of anilines is 1. The molecule has 0 radical (unpaired) electrons. The molecule has 0 saturated heterocycles. The monoisotopic (exact) mass is 421 g/mol. The number of thiophene rings is 1. The lowest BCUT2D eigenvalue weighted by atomic mass is 9.81. The molecule has 5 nitrogen and oxygen atoms in total. The Kier molecular flexibility index (Phi) is 4.95. The lowest BCUT2D eigenvalue weighted by Crippen LogP contribution is -2.55. The third-order valence-electron chi connectivity index (χ3n) is 5.57. The number of carbonyl (C=O) groups excluding carboxylic acids is 2. The molecule has 0 spiro atoms. The molecule has 4 rings (SSSR count). The highest BCUT2D eigenvalue weighted by molar-refractivity contribution is 7.17. The molecule has 3 aromatic rings. The van der Waals surface area contributed by atoms with Gasteiger partial charge in [-0.3, -0.25) is 9.59 Å². The summed E-state index contributed by atoms with van der Waals surface area (Å²) in [4.78, 5) is 26.3. The Hall–Kier alpha value is -2.70. The minimum atomic E-state index is -0.499. The van der Waals surface area contributed by atoms with Crippen molar-refractivity contribution in [3.05, 3.63) is 64.0 Å². The molecule has 0 bridgehead atoms. The van der Waals surface area contributed by atoms with Crippen molar-refractivity contribution >= 4 is 38.9 Å². The van der Waals surface area contributed by atoms with Crippen molar-refractivity contribution in [3.63, 3.8) is 0 Å². The predicted molar refractivity (Wildman–Crippen MR) is 123 cm³/mol. The van der Waals surface area contributed by atoms with Crippen LogP contribution in [0, 0.1) is 0 Å². The summed E-state index contributed by atoms with van der Waals surface area (Å²) in [5, 5.41) is 9.31. The molecule has 156 valence electrons. The van der Waals surface area contributed by atoms with Crippen LogP contribution in [-0.2, 0) is 23.2 Å². The molecule has 1 aliphatic heterocycles. The van der Waals surface area contributed by atoms with Gasteiger partial charge in [-0.25, -0.2) is 0 Å². The third-order valence-corrected chi connectivity index (χ3v) is 7.05. The lowest BCUT2D eigenvalue weighted by Gasteiger charge is -2.42. The van der Waals surface area contributed by atoms with E-state index in [-0.39, 0.29) is 23.4 Å². The van der Waals surface area contributed by atoms with E-state index in [1.807, 2.05) is 42.5 Å². The van der Waals surface area contributed by atoms with Crippen molar-refractivity contribution in [2.45, 2.75) is 51.6 Å². The largest absolute Gasteiger partial charge is 0.365 e. The molecule has 6 heteroatoms. The van der Waals surface area contributed by atoms with Gasteiger partial charge in [-0.15, -0.1) is 11.3 Å². The summed E-state index contributed by atoms with van der Waals surface area (Å²) in [5.41, 5.74) is 7.62. The van der Waals surface area contributed by atoms with E-state index in [9.17, 15) is 9.59 Å². The van der Waals surface area contributed by atoms with Crippen LogP contribution in [-0.4, -0.2) is 17.4 Å². The smallest absolute Gasteiger partial charge is 0.251 e. The first kappa shape index (κ1) is 20.6. The Morgan fingerprint density at radius 2 is 1.80 bits per heavy atom. The van der Waals surface area contributed by atoms with E-state index >= 15 is 0 Å². The van der Waals surface area contributed by atoms with E-state index in [1.165, 1.54) is 11.3 Å². The molecule has 4 N–H and O–H groups in total. The van der Waals surface area contributed by atoms with E-state index in [4.69, 9.17) is 5.73 Å². The molecule has 0 unspecified atom stereocenters. The molecule has 1 aliphatic rings. The number of rotatable bonds is 4. The zero-order chi connectivity index (χ0) is 21.7. The number of nitrogens with one attached hydrogen (secondary N) is 2. The molecular weight excluding hydrogens is 394 g/mol. The molecular formula is C24H27N3O2S. The maximum atomic E-state index is 12.9. The van der Waals surface area contributed by atoms with Crippen LogP contribution in [0.3, 0.4) is 0 Å². The van der Waals surface area contributed by atoms with Crippen molar-refractivity contribution in [3.8, 4) is 0 Å². The molecule has 2 amide bonds. The van der Waals surface area contributed by atoms with Crippen LogP contribution < -0.4 is 16.4 Å². The number of amides is 2. The maximum absolute atomic E-state index is 12.9. The minimum absolute atomic E-state index is 0.155. The highest BCUT2D eigenvalue weighted by atomic mass is 32.1. The summed E-state index contributed by atoms with van der Waals surface area (Å²) in [7, 11) is 0. The van der Waals surface area contributed by atoms with Crippen LogP contribution in [0.25, 0.3) is 10.8 Å². The number of fused-ring (bicyclic) bond motifs is 2. The number of benzene rings is 2. The first-order valence-electron chi connectivity index (χ1n) is 10.1. The fourth-order valence-corrected chi connectivity index (χ4v) is 5.97. The summed E-state index contributed by atoms with van der Waals surface area (Å²) in [6, 6.07) is 14.0. The quantitative estimate of drug-likeness (QED) is 0.586. The second-order valence-electron chi connectivity index (χ2n) is 9.15. The highest BCUT2D eigenvalue weighted by Crippen LogP contribution is 2.44. The lowest BCUT2D eigenvalue weighted by molar-refractivity contribution is -0.115. The van der Waals surface area contributed by atoms with Gasteiger partial charge in [0.05, 0.1) is 12.0 Å². The number of carbonyl (C=O) groups is 2. The van der Waals surface area contributed by atoms with Crippen LogP contribution in [0.4, 0.5) is 5.00 Å². The van der Waals surface area contributed by atoms with Crippen molar-refractivity contribution in [2.24, 2.45) is 5.73 Å². The topological polar surface area (TPSA) is 84.2 Å². The SMILES string of the molecule is CC1(C)Cc2c(sc(NC(=O)Cc3cccc4ccccc34)c2C(N)=O)C(C)(C)N1. The van der Waals surface area contributed by atoms with Gasteiger partial charge in [-0.2, -0.15) is 0 Å². The Bertz CT molecular complexity index is 1160. The van der Waals surface area contributed by atoms with Crippen LogP contribution in [0.1, 0.15) is 54.1 Å². The summed E-state index contributed by atoms with van der Waals surface area (Å²) < 4.78 is 0. The molecule has 0 saturated carbocycles. The van der Waals surface area contributed by atoms with E-state index in [1.54, 1.807) is 0 Å². The zero-order valence-corrected chi connectivity index (χ0v) is 18.6. The standard InChI is InChI=1S/C24H27N3O2S/c1-23(2)13-17-19(21(25)29)22(30-20(17)24(3,4)27-23)26-18(28)12-15-10-7-9-14-8-5-6-11-16(14)15/h5-11,27H,12-13H2,1-4H3,(H2,25,29)(H,26,28). The molecule has 2 heterocycles. The van der Waals surface area contributed by atoms with Gasteiger partial charge in [-0.05, 0) is 56.0 Å². The van der Waals surface area contributed by atoms with Crippen LogP contribution in [0.5, 0.6) is 0 Å². The zero-order valence-electron chi connectivity index (χ0n) is 17.8. The van der Waals surface area contributed by atoms with Gasteiger partial charge >= 0.3 is 0 Å². The maximum Gasteiger partial charge on any atom is 0.251 e. The molecule has 1 aromatic heterocycles. The minimum Gasteiger partial charge on any atom is -0.365 e. The Balaban J connectivity index is 1.67.